The maximum Gasteiger partial charge on any atom is 0.216 e. The van der Waals surface area contributed by atoms with Crippen LogP contribution in [0.5, 0.6) is 0 Å². The molecule has 2 N–H and O–H groups in total. The topological polar surface area (TPSA) is 90.3 Å². The van der Waals surface area contributed by atoms with Crippen LogP contribution in [0.4, 0.5) is 5.69 Å². The van der Waals surface area contributed by atoms with Crippen LogP contribution < -0.4 is 5.32 Å². The molecule has 0 amide bonds. The molecular formula is C11H10N6. The van der Waals surface area contributed by atoms with Crippen molar-refractivity contribution in [1.29, 1.82) is 5.26 Å². The fraction of sp³-hybridized carbons (Fsp3) is 0.0909. The third-order valence-corrected chi connectivity index (χ3v) is 2.14. The number of nitrogens with zero attached hydrogens (tertiary/aromatic N) is 4. The van der Waals surface area contributed by atoms with Crippen LogP contribution in [0.25, 0.3) is 5.57 Å². The number of hydrogen-bond donors (Lipinski definition) is 2. The van der Waals surface area contributed by atoms with Crippen LogP contribution in [-0.4, -0.2) is 20.6 Å². The van der Waals surface area contributed by atoms with Gasteiger partial charge >= 0.3 is 0 Å². The van der Waals surface area contributed by atoms with Gasteiger partial charge in [0.1, 0.15) is 11.6 Å². The van der Waals surface area contributed by atoms with Gasteiger partial charge in [0.05, 0.1) is 0 Å². The third-order valence-electron chi connectivity index (χ3n) is 2.14. The average molecular weight is 226 g/mol. The molecule has 6 nitrogen and oxygen atoms in total. The van der Waals surface area contributed by atoms with Crippen molar-refractivity contribution in [3.05, 3.63) is 41.9 Å². The van der Waals surface area contributed by atoms with Gasteiger partial charge in [-0.2, -0.15) is 10.5 Å². The number of benzene rings is 1. The van der Waals surface area contributed by atoms with E-state index in [4.69, 9.17) is 5.26 Å². The summed E-state index contributed by atoms with van der Waals surface area (Å²) >= 11 is 0. The van der Waals surface area contributed by atoms with Crippen molar-refractivity contribution in [2.24, 2.45) is 0 Å². The van der Waals surface area contributed by atoms with E-state index in [0.29, 0.717) is 5.57 Å². The van der Waals surface area contributed by atoms with E-state index in [2.05, 4.69) is 25.9 Å². The van der Waals surface area contributed by atoms with E-state index in [1.807, 2.05) is 37.3 Å². The number of allylic oxidation sites excluding steroid dienone is 1. The fourth-order valence-electron chi connectivity index (χ4n) is 1.23. The number of hydrogen-bond acceptors (Lipinski definition) is 5. The number of tetrazole rings is 1. The summed E-state index contributed by atoms with van der Waals surface area (Å²) in [5.74, 6) is 0.270. The molecule has 0 unspecified atom stereocenters. The first-order valence-electron chi connectivity index (χ1n) is 4.97. The smallest absolute Gasteiger partial charge is 0.216 e. The summed E-state index contributed by atoms with van der Waals surface area (Å²) in [6, 6.07) is 9.82. The molecule has 0 bridgehead atoms. The van der Waals surface area contributed by atoms with Crippen LogP contribution in [0.15, 0.2) is 30.5 Å². The number of nitrogens with one attached hydrogen (secondary N) is 2. The lowest BCUT2D eigenvalue weighted by Crippen LogP contribution is -1.92. The van der Waals surface area contributed by atoms with Crippen LogP contribution in [0.1, 0.15) is 11.4 Å². The molecule has 0 spiro atoms. The van der Waals surface area contributed by atoms with E-state index in [1.165, 1.54) is 5.56 Å². The summed E-state index contributed by atoms with van der Waals surface area (Å²) in [7, 11) is 0. The molecule has 1 heterocycles. The SMILES string of the molecule is Cc1ccc(NC=C(C#N)c2nn[nH]n2)cc1. The summed E-state index contributed by atoms with van der Waals surface area (Å²) in [4.78, 5) is 0. The molecule has 17 heavy (non-hydrogen) atoms. The minimum absolute atomic E-state index is 0.270. The highest BCUT2D eigenvalue weighted by molar-refractivity contribution is 5.73. The van der Waals surface area contributed by atoms with Gasteiger partial charge in [0, 0.05) is 11.9 Å². The fourth-order valence-corrected chi connectivity index (χ4v) is 1.23. The third kappa shape index (κ3) is 2.66. The zero-order valence-electron chi connectivity index (χ0n) is 9.18. The average Bonchev–Trinajstić information content (AvgIpc) is 2.86. The van der Waals surface area contributed by atoms with Gasteiger partial charge in [-0.15, -0.1) is 10.2 Å². The number of H-pyrrole nitrogens is 1. The first-order chi connectivity index (χ1) is 8.29. The summed E-state index contributed by atoms with van der Waals surface area (Å²) in [6.45, 7) is 2.01. The Hall–Kier alpha value is -2.68. The Morgan fingerprint density at radius 2 is 2.18 bits per heavy atom. The number of anilines is 1. The van der Waals surface area contributed by atoms with Crippen molar-refractivity contribution in [2.45, 2.75) is 6.92 Å². The monoisotopic (exact) mass is 226 g/mol. The Balaban J connectivity index is 2.14. The van der Waals surface area contributed by atoms with Crippen molar-refractivity contribution < 1.29 is 0 Å². The van der Waals surface area contributed by atoms with Crippen LogP contribution in [0.3, 0.4) is 0 Å². The zero-order chi connectivity index (χ0) is 12.1. The van der Waals surface area contributed by atoms with Crippen LogP contribution in [0.2, 0.25) is 0 Å². The second-order valence-corrected chi connectivity index (χ2v) is 3.42. The summed E-state index contributed by atoms with van der Waals surface area (Å²) in [5.41, 5.74) is 2.39. The summed E-state index contributed by atoms with van der Waals surface area (Å²) < 4.78 is 0. The van der Waals surface area contributed by atoms with Gasteiger partial charge < -0.3 is 5.32 Å². The van der Waals surface area contributed by atoms with Crippen LogP contribution >= 0.6 is 0 Å². The van der Waals surface area contributed by atoms with Crippen molar-refractivity contribution in [3.8, 4) is 6.07 Å². The van der Waals surface area contributed by atoms with Gasteiger partial charge in [-0.1, -0.05) is 17.7 Å². The van der Waals surface area contributed by atoms with E-state index < -0.39 is 0 Å². The quantitative estimate of drug-likeness (QED) is 0.773. The first kappa shape index (κ1) is 10.8. The lowest BCUT2D eigenvalue weighted by atomic mass is 10.2. The number of nitriles is 1. The second kappa shape index (κ2) is 4.90. The van der Waals surface area contributed by atoms with E-state index in [-0.39, 0.29) is 5.82 Å². The molecule has 6 heteroatoms. The highest BCUT2D eigenvalue weighted by Gasteiger charge is 2.04. The van der Waals surface area contributed by atoms with E-state index in [0.717, 1.165) is 5.69 Å². The molecule has 0 radical (unpaired) electrons. The Kier molecular flexibility index (Phi) is 3.12. The minimum Gasteiger partial charge on any atom is -0.360 e. The molecule has 84 valence electrons. The molecule has 0 aliphatic rings. The molecular weight excluding hydrogens is 216 g/mol. The molecule has 1 aromatic heterocycles. The van der Waals surface area contributed by atoms with Gasteiger partial charge in [-0.05, 0) is 24.3 Å². The Labute approximate surface area is 98.0 Å². The normalized spacial score (nSPS) is 10.9. The highest BCUT2D eigenvalue weighted by atomic mass is 15.5. The van der Waals surface area contributed by atoms with E-state index in [9.17, 15) is 0 Å². The highest BCUT2D eigenvalue weighted by Crippen LogP contribution is 2.11. The zero-order valence-corrected chi connectivity index (χ0v) is 9.18. The molecule has 1 aromatic carbocycles. The molecule has 2 rings (SSSR count). The molecule has 0 aliphatic carbocycles. The van der Waals surface area contributed by atoms with Crippen LogP contribution in [0, 0.1) is 18.3 Å². The van der Waals surface area contributed by atoms with Crippen molar-refractivity contribution in [2.75, 3.05) is 5.32 Å². The van der Waals surface area contributed by atoms with Gasteiger partial charge in [0.15, 0.2) is 0 Å². The predicted molar refractivity (Wildman–Crippen MR) is 62.6 cm³/mol. The molecule has 0 atom stereocenters. The van der Waals surface area contributed by atoms with Crippen molar-refractivity contribution >= 4 is 11.3 Å². The second-order valence-electron chi connectivity index (χ2n) is 3.42. The number of aryl methyl sites for hydroxylation is 1. The minimum atomic E-state index is 0.270. The molecule has 0 aliphatic heterocycles. The predicted octanol–water partition coefficient (Wildman–Crippen LogP) is 1.48. The Morgan fingerprint density at radius 1 is 1.41 bits per heavy atom. The van der Waals surface area contributed by atoms with Crippen molar-refractivity contribution in [1.82, 2.24) is 20.6 Å². The van der Waals surface area contributed by atoms with Gasteiger partial charge in [-0.3, -0.25) is 0 Å². The lowest BCUT2D eigenvalue weighted by molar-refractivity contribution is 0.881. The summed E-state index contributed by atoms with van der Waals surface area (Å²) in [6.07, 6.45) is 1.55. The Bertz CT molecular complexity index is 547. The largest absolute Gasteiger partial charge is 0.360 e. The Morgan fingerprint density at radius 3 is 2.76 bits per heavy atom. The van der Waals surface area contributed by atoms with E-state index in [1.54, 1.807) is 6.20 Å². The molecule has 2 aromatic rings. The first-order valence-corrected chi connectivity index (χ1v) is 4.97. The molecule has 0 saturated heterocycles. The van der Waals surface area contributed by atoms with Gasteiger partial charge in [-0.25, -0.2) is 0 Å². The van der Waals surface area contributed by atoms with Gasteiger partial charge in [0.2, 0.25) is 5.82 Å². The molecule has 0 saturated carbocycles. The van der Waals surface area contributed by atoms with Crippen molar-refractivity contribution in [3.63, 3.8) is 0 Å². The molecule has 0 fully saturated rings. The standard InChI is InChI=1S/C11H10N6/c1-8-2-4-10(5-3-8)13-7-9(6-12)11-14-16-17-15-11/h2-5,7,13H,1H3,(H,14,15,16,17). The van der Waals surface area contributed by atoms with Gasteiger partial charge in [0.25, 0.3) is 0 Å². The maximum atomic E-state index is 8.94. The maximum absolute atomic E-state index is 8.94. The lowest BCUT2D eigenvalue weighted by Gasteiger charge is -2.01. The number of rotatable bonds is 3. The van der Waals surface area contributed by atoms with E-state index >= 15 is 0 Å². The summed E-state index contributed by atoms with van der Waals surface area (Å²) in [5, 5.41) is 25.1. The number of aromatic nitrogens is 4. The number of aromatic amines is 1. The van der Waals surface area contributed by atoms with Crippen LogP contribution in [-0.2, 0) is 0 Å².